The second-order valence-corrected chi connectivity index (χ2v) is 4.60. The highest BCUT2D eigenvalue weighted by molar-refractivity contribution is 6.02. The topological polar surface area (TPSA) is 110 Å². The first-order chi connectivity index (χ1) is 8.90. The molecule has 2 rings (SSSR count). The predicted molar refractivity (Wildman–Crippen MR) is 66.0 cm³/mol. The Kier molecular flexibility index (Phi) is 3.20. The lowest BCUT2D eigenvalue weighted by Gasteiger charge is -2.07. The zero-order valence-corrected chi connectivity index (χ0v) is 10.1. The third-order valence-corrected chi connectivity index (χ3v) is 3.15. The molecule has 2 N–H and O–H groups in total. The molecule has 0 aromatic heterocycles. The Morgan fingerprint density at radius 3 is 2.58 bits per heavy atom. The molecule has 1 aliphatic rings. The average molecular weight is 264 g/mol. The van der Waals surface area contributed by atoms with Gasteiger partial charge in [0, 0.05) is 18.1 Å². The summed E-state index contributed by atoms with van der Waals surface area (Å²) in [5.74, 6) is -1.37. The number of rotatable bonds is 4. The van der Waals surface area contributed by atoms with Gasteiger partial charge in [-0.15, -0.1) is 0 Å². The van der Waals surface area contributed by atoms with Crippen LogP contribution in [0.1, 0.15) is 23.7 Å². The lowest BCUT2D eigenvalue weighted by atomic mass is 10.1. The molecular weight excluding hydrogens is 252 g/mol. The average Bonchev–Trinajstić information content (AvgIpc) is 3.06. The number of amides is 1. The Hall–Kier alpha value is -2.44. The van der Waals surface area contributed by atoms with Gasteiger partial charge in [0.05, 0.1) is 16.2 Å². The highest BCUT2D eigenvalue weighted by Gasteiger charge is 2.39. The summed E-state index contributed by atoms with van der Waals surface area (Å²) in [4.78, 5) is 32.7. The van der Waals surface area contributed by atoms with Crippen molar-refractivity contribution in [2.45, 2.75) is 13.3 Å². The molecule has 100 valence electrons. The van der Waals surface area contributed by atoms with Gasteiger partial charge in [-0.1, -0.05) is 6.92 Å². The first kappa shape index (κ1) is 13.0. The minimum Gasteiger partial charge on any atom is -0.478 e. The maximum Gasteiger partial charge on any atom is 0.338 e. The number of benzene rings is 1. The van der Waals surface area contributed by atoms with Crippen molar-refractivity contribution in [2.24, 2.45) is 11.8 Å². The predicted octanol–water partition coefficient (Wildman–Crippen LogP) is 1.89. The number of anilines is 1. The normalized spacial score (nSPS) is 20.7. The van der Waals surface area contributed by atoms with Crippen LogP contribution in [-0.2, 0) is 4.79 Å². The summed E-state index contributed by atoms with van der Waals surface area (Å²) in [6.45, 7) is 1.93. The summed E-state index contributed by atoms with van der Waals surface area (Å²) < 4.78 is 0. The van der Waals surface area contributed by atoms with Gasteiger partial charge in [-0.3, -0.25) is 14.9 Å². The highest BCUT2D eigenvalue weighted by Crippen LogP contribution is 2.38. The van der Waals surface area contributed by atoms with Crippen LogP contribution in [0, 0.1) is 22.0 Å². The summed E-state index contributed by atoms with van der Waals surface area (Å²) in [5.41, 5.74) is -0.520. The van der Waals surface area contributed by atoms with Crippen LogP contribution >= 0.6 is 0 Å². The Balaban J connectivity index is 2.26. The number of aromatic carboxylic acids is 1. The Morgan fingerprint density at radius 2 is 2.11 bits per heavy atom. The van der Waals surface area contributed by atoms with Crippen LogP contribution in [0.3, 0.4) is 0 Å². The monoisotopic (exact) mass is 264 g/mol. The molecule has 2 unspecified atom stereocenters. The van der Waals surface area contributed by atoms with Crippen LogP contribution in [0.25, 0.3) is 0 Å². The molecular formula is C12H12N2O5. The van der Waals surface area contributed by atoms with E-state index in [-0.39, 0.29) is 28.8 Å². The van der Waals surface area contributed by atoms with Crippen LogP contribution in [-0.4, -0.2) is 21.9 Å². The molecule has 1 amide bonds. The van der Waals surface area contributed by atoms with Gasteiger partial charge < -0.3 is 10.4 Å². The minimum atomic E-state index is -1.32. The fraction of sp³-hybridized carbons (Fsp3) is 0.333. The third kappa shape index (κ3) is 2.70. The number of hydrogen-bond donors (Lipinski definition) is 2. The Bertz CT molecular complexity index is 569. The van der Waals surface area contributed by atoms with E-state index in [1.54, 1.807) is 0 Å². The van der Waals surface area contributed by atoms with Gasteiger partial charge in [0.2, 0.25) is 5.91 Å². The van der Waals surface area contributed by atoms with Crippen LogP contribution in [0.2, 0.25) is 0 Å². The second kappa shape index (κ2) is 4.68. The molecule has 19 heavy (non-hydrogen) atoms. The third-order valence-electron chi connectivity index (χ3n) is 3.15. The maximum absolute atomic E-state index is 11.7. The SMILES string of the molecule is CC1CC1C(=O)Nc1ccc([N+](=O)[O-])cc1C(=O)O. The first-order valence-corrected chi connectivity index (χ1v) is 5.72. The van der Waals surface area contributed by atoms with E-state index in [4.69, 9.17) is 5.11 Å². The lowest BCUT2D eigenvalue weighted by molar-refractivity contribution is -0.384. The number of nitro benzene ring substituents is 1. The van der Waals surface area contributed by atoms with Gasteiger partial charge in [-0.25, -0.2) is 4.79 Å². The van der Waals surface area contributed by atoms with Crippen LogP contribution in [0.15, 0.2) is 18.2 Å². The molecule has 0 saturated heterocycles. The van der Waals surface area contributed by atoms with E-state index < -0.39 is 10.9 Å². The Labute approximate surface area is 108 Å². The zero-order chi connectivity index (χ0) is 14.2. The summed E-state index contributed by atoms with van der Waals surface area (Å²) in [6.07, 6.45) is 0.779. The minimum absolute atomic E-state index is 0.0854. The van der Waals surface area contributed by atoms with Crippen LogP contribution in [0.5, 0.6) is 0 Å². The van der Waals surface area contributed by atoms with Crippen molar-refractivity contribution in [2.75, 3.05) is 5.32 Å². The molecule has 1 aliphatic carbocycles. The zero-order valence-electron chi connectivity index (χ0n) is 10.1. The van der Waals surface area contributed by atoms with Gasteiger partial charge in [-0.2, -0.15) is 0 Å². The highest BCUT2D eigenvalue weighted by atomic mass is 16.6. The number of carbonyl (C=O) groups is 2. The molecule has 0 aliphatic heterocycles. The van der Waals surface area contributed by atoms with E-state index in [0.717, 1.165) is 12.5 Å². The van der Waals surface area contributed by atoms with E-state index in [1.807, 2.05) is 6.92 Å². The van der Waals surface area contributed by atoms with Crippen molar-refractivity contribution in [3.63, 3.8) is 0 Å². The standard InChI is InChI=1S/C12H12N2O5/c1-6-4-8(6)11(15)13-10-3-2-7(14(18)19)5-9(10)12(16)17/h2-3,5-6,8H,4H2,1H3,(H,13,15)(H,16,17). The van der Waals surface area contributed by atoms with Gasteiger partial charge in [0.1, 0.15) is 0 Å². The number of carbonyl (C=O) groups excluding carboxylic acids is 1. The summed E-state index contributed by atoms with van der Waals surface area (Å²) in [5, 5.41) is 22.1. The smallest absolute Gasteiger partial charge is 0.338 e. The molecule has 1 fully saturated rings. The summed E-state index contributed by atoms with van der Waals surface area (Å²) >= 11 is 0. The first-order valence-electron chi connectivity index (χ1n) is 5.72. The van der Waals surface area contributed by atoms with Gasteiger partial charge in [-0.05, 0) is 18.4 Å². The number of nitro groups is 1. The molecule has 0 spiro atoms. The molecule has 2 atom stereocenters. The summed E-state index contributed by atoms with van der Waals surface area (Å²) in [7, 11) is 0. The molecule has 1 saturated carbocycles. The second-order valence-electron chi connectivity index (χ2n) is 4.60. The van der Waals surface area contributed by atoms with Gasteiger partial charge in [0.25, 0.3) is 5.69 Å². The van der Waals surface area contributed by atoms with Gasteiger partial charge in [0.15, 0.2) is 0 Å². The van der Waals surface area contributed by atoms with Crippen molar-refractivity contribution in [1.29, 1.82) is 0 Å². The molecule has 7 heteroatoms. The van der Waals surface area contributed by atoms with Crippen molar-refractivity contribution in [3.8, 4) is 0 Å². The summed E-state index contributed by atoms with van der Waals surface area (Å²) in [6, 6.07) is 3.35. The van der Waals surface area contributed by atoms with E-state index in [0.29, 0.717) is 5.92 Å². The van der Waals surface area contributed by atoms with Crippen molar-refractivity contribution in [3.05, 3.63) is 33.9 Å². The molecule has 0 heterocycles. The molecule has 7 nitrogen and oxygen atoms in total. The number of hydrogen-bond acceptors (Lipinski definition) is 4. The van der Waals surface area contributed by atoms with E-state index in [2.05, 4.69) is 5.32 Å². The number of carboxylic acid groups (broad SMARTS) is 1. The van der Waals surface area contributed by atoms with E-state index in [9.17, 15) is 19.7 Å². The number of nitrogens with one attached hydrogen (secondary N) is 1. The molecule has 0 bridgehead atoms. The Morgan fingerprint density at radius 1 is 1.47 bits per heavy atom. The number of nitrogens with zero attached hydrogens (tertiary/aromatic N) is 1. The number of non-ortho nitro benzene ring substituents is 1. The molecule has 1 aromatic rings. The largest absolute Gasteiger partial charge is 0.478 e. The fourth-order valence-corrected chi connectivity index (χ4v) is 1.84. The lowest BCUT2D eigenvalue weighted by Crippen LogP contribution is -2.17. The van der Waals surface area contributed by atoms with Crippen LogP contribution in [0.4, 0.5) is 11.4 Å². The van der Waals surface area contributed by atoms with Crippen molar-refractivity contribution in [1.82, 2.24) is 0 Å². The van der Waals surface area contributed by atoms with Crippen LogP contribution < -0.4 is 5.32 Å². The van der Waals surface area contributed by atoms with E-state index in [1.165, 1.54) is 12.1 Å². The van der Waals surface area contributed by atoms with E-state index >= 15 is 0 Å². The quantitative estimate of drug-likeness (QED) is 0.637. The van der Waals surface area contributed by atoms with Gasteiger partial charge >= 0.3 is 5.97 Å². The molecule has 1 aromatic carbocycles. The fourth-order valence-electron chi connectivity index (χ4n) is 1.84. The number of carboxylic acids is 1. The molecule has 0 radical (unpaired) electrons. The van der Waals surface area contributed by atoms with Crippen molar-refractivity contribution < 1.29 is 19.6 Å². The van der Waals surface area contributed by atoms with Crippen molar-refractivity contribution >= 4 is 23.3 Å². The maximum atomic E-state index is 11.7.